The Balaban J connectivity index is 1.28. The number of amides is 2. The van der Waals surface area contributed by atoms with Crippen LogP contribution in [-0.4, -0.2) is 73.0 Å². The summed E-state index contributed by atoms with van der Waals surface area (Å²) in [6, 6.07) is 14.2. The lowest BCUT2D eigenvalue weighted by atomic mass is 10.1. The number of anilines is 1. The molecule has 0 radical (unpaired) electrons. The van der Waals surface area contributed by atoms with Crippen LogP contribution in [0.5, 0.6) is 23.0 Å². The number of rotatable bonds is 4. The van der Waals surface area contributed by atoms with Crippen LogP contribution in [0.1, 0.15) is 23.4 Å². The summed E-state index contributed by atoms with van der Waals surface area (Å²) in [6.45, 7) is 2.69. The molecule has 4 aromatic rings. The predicted molar refractivity (Wildman–Crippen MR) is 162 cm³/mol. The number of ether oxygens (including phenoxy) is 4. The molecule has 13 heteroatoms. The normalized spacial score (nSPS) is 18.8. The van der Waals surface area contributed by atoms with Gasteiger partial charge in [-0.1, -0.05) is 11.2 Å². The van der Waals surface area contributed by atoms with Gasteiger partial charge in [-0.25, -0.2) is 4.98 Å². The summed E-state index contributed by atoms with van der Waals surface area (Å²) >= 11 is 0. The smallest absolute Gasteiger partial charge is 0.258 e. The average Bonchev–Trinajstić information content (AvgIpc) is 3.67. The van der Waals surface area contributed by atoms with Gasteiger partial charge in [0.25, 0.3) is 11.8 Å². The summed E-state index contributed by atoms with van der Waals surface area (Å²) in [7, 11) is 3.11. The van der Waals surface area contributed by atoms with Gasteiger partial charge < -0.3 is 39.0 Å². The van der Waals surface area contributed by atoms with Crippen LogP contribution in [0.25, 0.3) is 11.5 Å². The number of hydrogen-bond donors (Lipinski definition) is 2. The Labute approximate surface area is 259 Å². The van der Waals surface area contributed by atoms with E-state index in [4.69, 9.17) is 23.5 Å². The van der Waals surface area contributed by atoms with Gasteiger partial charge in [-0.05, 0) is 55.3 Å². The molecule has 1 fully saturated rings. The third-order valence-corrected chi connectivity index (χ3v) is 7.71. The van der Waals surface area contributed by atoms with Crippen LogP contribution in [0.2, 0.25) is 0 Å². The van der Waals surface area contributed by atoms with Crippen molar-refractivity contribution in [2.24, 2.45) is 0 Å². The van der Waals surface area contributed by atoms with Crippen molar-refractivity contribution in [3.05, 3.63) is 71.7 Å². The Bertz CT molecular complexity index is 1690. The lowest BCUT2D eigenvalue weighted by molar-refractivity contribution is -0.124. The lowest BCUT2D eigenvalue weighted by Gasteiger charge is -2.22. The number of nitrogens with one attached hydrogen (secondary N) is 2. The van der Waals surface area contributed by atoms with E-state index in [2.05, 4.69) is 25.8 Å². The van der Waals surface area contributed by atoms with Gasteiger partial charge in [-0.15, -0.1) is 0 Å². The Morgan fingerprint density at radius 1 is 0.956 bits per heavy atom. The van der Waals surface area contributed by atoms with E-state index in [0.29, 0.717) is 73.0 Å². The molecule has 2 amide bonds. The third-order valence-electron chi connectivity index (χ3n) is 7.71. The number of hydrogen-bond acceptors (Lipinski definition) is 11. The first kappa shape index (κ1) is 29.7. The van der Waals surface area contributed by atoms with Crippen LogP contribution in [-0.2, 0) is 22.6 Å². The summed E-state index contributed by atoms with van der Waals surface area (Å²) in [5, 5.41) is 9.94. The number of aryl methyl sites for hydroxylation is 2. The maximum Gasteiger partial charge on any atom is 0.258 e. The van der Waals surface area contributed by atoms with Crippen LogP contribution in [0.3, 0.4) is 0 Å². The van der Waals surface area contributed by atoms with Crippen molar-refractivity contribution in [1.29, 1.82) is 0 Å². The Morgan fingerprint density at radius 3 is 2.62 bits per heavy atom. The van der Waals surface area contributed by atoms with Gasteiger partial charge in [0, 0.05) is 42.9 Å². The van der Waals surface area contributed by atoms with Crippen molar-refractivity contribution in [2.75, 3.05) is 38.8 Å². The Hall–Kier alpha value is -5.33. The van der Waals surface area contributed by atoms with E-state index in [1.807, 2.05) is 35.2 Å². The van der Waals surface area contributed by atoms with Crippen LogP contribution >= 0.6 is 0 Å². The van der Waals surface area contributed by atoms with Crippen LogP contribution in [0.15, 0.2) is 59.3 Å². The minimum absolute atomic E-state index is 0.0939. The molecule has 45 heavy (non-hydrogen) atoms. The van der Waals surface area contributed by atoms with Crippen LogP contribution < -0.4 is 34.5 Å². The van der Waals surface area contributed by atoms with Gasteiger partial charge >= 0.3 is 0 Å². The van der Waals surface area contributed by atoms with E-state index >= 15 is 0 Å². The zero-order valence-corrected chi connectivity index (χ0v) is 25.2. The van der Waals surface area contributed by atoms with E-state index in [-0.39, 0.29) is 18.4 Å². The maximum absolute atomic E-state index is 13.2. The second kappa shape index (κ2) is 13.1. The van der Waals surface area contributed by atoms with Crippen molar-refractivity contribution in [1.82, 2.24) is 25.8 Å². The summed E-state index contributed by atoms with van der Waals surface area (Å²) in [6.07, 6.45) is 2.04. The predicted octanol–water partition coefficient (Wildman–Crippen LogP) is 2.85. The number of methoxy groups -OCH3 is 2. The van der Waals surface area contributed by atoms with Crippen molar-refractivity contribution in [2.45, 2.75) is 38.5 Å². The van der Waals surface area contributed by atoms with E-state index in [1.54, 1.807) is 38.4 Å². The zero-order chi connectivity index (χ0) is 31.3. The minimum Gasteiger partial charge on any atom is -0.496 e. The number of carbonyl (C=O) groups excluding carboxylic acids is 2. The fourth-order valence-corrected chi connectivity index (χ4v) is 5.40. The summed E-state index contributed by atoms with van der Waals surface area (Å²) in [5.41, 5.74) is 2.45. The highest BCUT2D eigenvalue weighted by molar-refractivity contribution is 5.78. The van der Waals surface area contributed by atoms with E-state index < -0.39 is 12.1 Å². The number of carbonyl (C=O) groups is 2. The SMILES string of the molecule is COc1cc2ccc1CNC(=O)CCc1ccc(c(OC)c1)OCC(=O)N[C@@H]1CN(c3cc(-c4nc(C)no4)ccn3)C[C@H]1O2. The first-order valence-electron chi connectivity index (χ1n) is 14.6. The van der Waals surface area contributed by atoms with E-state index in [9.17, 15) is 9.59 Å². The Morgan fingerprint density at radius 2 is 1.82 bits per heavy atom. The minimum atomic E-state index is -0.445. The molecule has 5 aliphatic heterocycles. The molecule has 7 heterocycles. The standard InChI is InChI=1S/C32H34N6O7/c1-19-35-32(45-37-19)21-10-11-33-29(13-21)38-16-24-28(17-38)44-23-7-6-22(26(14-23)41-2)15-34-30(39)9-5-20-4-8-25(27(12-20)42-3)43-18-31(40)36-24/h4,6-8,10-14,24,28H,5,9,15-18H2,1-3H3,(H,34,39)(H,36,40)/t24-,28-/m1/s1. The molecule has 234 valence electrons. The van der Waals surface area contributed by atoms with Crippen molar-refractivity contribution < 1.29 is 33.1 Å². The molecule has 0 unspecified atom stereocenters. The van der Waals surface area contributed by atoms with Crippen LogP contribution in [0.4, 0.5) is 5.82 Å². The molecule has 0 spiro atoms. The summed E-state index contributed by atoms with van der Waals surface area (Å²) in [5.74, 6) is 3.24. The molecule has 5 aliphatic rings. The second-order valence-corrected chi connectivity index (χ2v) is 10.8. The number of pyridine rings is 1. The van der Waals surface area contributed by atoms with Gasteiger partial charge in [0.15, 0.2) is 23.9 Å². The Kier molecular flexibility index (Phi) is 8.67. The lowest BCUT2D eigenvalue weighted by Crippen LogP contribution is -2.46. The molecule has 4 bridgehead atoms. The first-order chi connectivity index (χ1) is 21.9. The average molecular weight is 615 g/mol. The van der Waals surface area contributed by atoms with Crippen LogP contribution in [0, 0.1) is 6.92 Å². The highest BCUT2D eigenvalue weighted by Crippen LogP contribution is 2.31. The van der Waals surface area contributed by atoms with Gasteiger partial charge in [0.1, 0.15) is 23.4 Å². The molecular weight excluding hydrogens is 580 g/mol. The molecule has 2 aromatic carbocycles. The van der Waals surface area contributed by atoms with Gasteiger partial charge in [-0.3, -0.25) is 9.59 Å². The molecule has 0 aliphatic carbocycles. The first-order valence-corrected chi connectivity index (χ1v) is 14.6. The molecular formula is C32H34N6O7. The molecule has 13 nitrogen and oxygen atoms in total. The summed E-state index contributed by atoms with van der Waals surface area (Å²) < 4.78 is 28.8. The highest BCUT2D eigenvalue weighted by Gasteiger charge is 2.37. The molecule has 2 aromatic heterocycles. The number of benzene rings is 2. The molecule has 9 rings (SSSR count). The molecule has 2 atom stereocenters. The van der Waals surface area contributed by atoms with Gasteiger partial charge in [0.05, 0.1) is 26.8 Å². The maximum atomic E-state index is 13.2. The molecule has 0 saturated carbocycles. The third kappa shape index (κ3) is 6.92. The summed E-state index contributed by atoms with van der Waals surface area (Å²) in [4.78, 5) is 36.8. The van der Waals surface area contributed by atoms with Gasteiger partial charge in [-0.2, -0.15) is 4.98 Å². The van der Waals surface area contributed by atoms with Crippen molar-refractivity contribution >= 4 is 17.6 Å². The fourth-order valence-electron chi connectivity index (χ4n) is 5.40. The number of aromatic nitrogens is 3. The van der Waals surface area contributed by atoms with Gasteiger partial charge in [0.2, 0.25) is 5.91 Å². The van der Waals surface area contributed by atoms with E-state index in [1.165, 1.54) is 7.11 Å². The molecule has 1 saturated heterocycles. The largest absolute Gasteiger partial charge is 0.496 e. The fraction of sp³-hybridized carbons (Fsp3) is 0.344. The quantitative estimate of drug-likeness (QED) is 0.349. The zero-order valence-electron chi connectivity index (χ0n) is 25.2. The highest BCUT2D eigenvalue weighted by atomic mass is 16.5. The second-order valence-electron chi connectivity index (χ2n) is 10.8. The van der Waals surface area contributed by atoms with E-state index in [0.717, 1.165) is 16.7 Å². The van der Waals surface area contributed by atoms with Crippen molar-refractivity contribution in [3.63, 3.8) is 0 Å². The van der Waals surface area contributed by atoms with Crippen molar-refractivity contribution in [3.8, 4) is 34.5 Å². The number of nitrogens with zero attached hydrogens (tertiary/aromatic N) is 4. The molecule has 2 N–H and O–H groups in total. The topological polar surface area (TPSA) is 150 Å². The monoisotopic (exact) mass is 614 g/mol.